The van der Waals surface area contributed by atoms with Crippen LogP contribution in [0.3, 0.4) is 0 Å². The van der Waals surface area contributed by atoms with E-state index < -0.39 is 24.5 Å². The van der Waals surface area contributed by atoms with E-state index in [-0.39, 0.29) is 6.54 Å². The molecule has 1 aliphatic heterocycles. The lowest BCUT2D eigenvalue weighted by Gasteiger charge is -2.21. The van der Waals surface area contributed by atoms with E-state index in [1.165, 1.54) is 12.8 Å². The van der Waals surface area contributed by atoms with E-state index in [9.17, 15) is 14.4 Å². The zero-order valence-electron chi connectivity index (χ0n) is 10.6. The molecule has 1 heterocycles. The maximum atomic E-state index is 11.4. The molecule has 0 aliphatic carbocycles. The lowest BCUT2D eigenvalue weighted by atomic mass is 10.2. The van der Waals surface area contributed by atoms with Crippen molar-refractivity contribution in [2.75, 3.05) is 25.4 Å². The molecule has 1 fully saturated rings. The van der Waals surface area contributed by atoms with Crippen molar-refractivity contribution in [3.05, 3.63) is 0 Å². The number of urea groups is 1. The summed E-state index contributed by atoms with van der Waals surface area (Å²) >= 11 is 1.85. The third kappa shape index (κ3) is 7.55. The van der Waals surface area contributed by atoms with Crippen LogP contribution in [0.25, 0.3) is 0 Å². The molecule has 0 spiro atoms. The SMILES string of the molecule is O=C(O)CNC(=O)CNC(=O)NCC1CCCCS1. The summed E-state index contributed by atoms with van der Waals surface area (Å²) < 4.78 is 0. The van der Waals surface area contributed by atoms with Gasteiger partial charge in [-0.1, -0.05) is 6.42 Å². The van der Waals surface area contributed by atoms with Crippen LogP contribution < -0.4 is 16.0 Å². The smallest absolute Gasteiger partial charge is 0.322 e. The normalized spacial score (nSPS) is 18.4. The molecule has 8 heteroatoms. The third-order valence-electron chi connectivity index (χ3n) is 2.61. The monoisotopic (exact) mass is 289 g/mol. The number of carbonyl (C=O) groups excluding carboxylic acids is 2. The number of carboxylic acid groups (broad SMARTS) is 1. The maximum Gasteiger partial charge on any atom is 0.322 e. The van der Waals surface area contributed by atoms with Gasteiger partial charge in [0.2, 0.25) is 5.91 Å². The van der Waals surface area contributed by atoms with Crippen molar-refractivity contribution in [3.8, 4) is 0 Å². The standard InChI is InChI=1S/C11H19N3O4S/c15-9(12-7-10(16)17)6-14-11(18)13-5-8-3-1-2-4-19-8/h8H,1-7H2,(H,12,15)(H,16,17)(H2,13,14,18). The minimum Gasteiger partial charge on any atom is -0.480 e. The minimum atomic E-state index is -1.12. The number of nitrogens with one attached hydrogen (secondary N) is 3. The molecule has 0 aromatic heterocycles. The first-order valence-corrected chi connectivity index (χ1v) is 7.24. The molecule has 7 nitrogen and oxygen atoms in total. The van der Waals surface area contributed by atoms with E-state index in [4.69, 9.17) is 5.11 Å². The fraction of sp³-hybridized carbons (Fsp3) is 0.727. The number of amides is 3. The van der Waals surface area contributed by atoms with Crippen LogP contribution in [0.2, 0.25) is 0 Å². The zero-order chi connectivity index (χ0) is 14.1. The Hall–Kier alpha value is -1.44. The number of aliphatic carboxylic acids is 1. The van der Waals surface area contributed by atoms with Crippen molar-refractivity contribution >= 4 is 29.7 Å². The Morgan fingerprint density at radius 2 is 1.89 bits per heavy atom. The van der Waals surface area contributed by atoms with E-state index in [2.05, 4.69) is 16.0 Å². The molecule has 1 aliphatic rings. The summed E-state index contributed by atoms with van der Waals surface area (Å²) in [6.07, 6.45) is 3.53. The van der Waals surface area contributed by atoms with Gasteiger partial charge in [-0.15, -0.1) is 0 Å². The number of thioether (sulfide) groups is 1. The second kappa shape index (κ2) is 8.63. The van der Waals surface area contributed by atoms with Gasteiger partial charge in [-0.25, -0.2) is 4.79 Å². The van der Waals surface area contributed by atoms with Crippen LogP contribution in [0, 0.1) is 0 Å². The molecular formula is C11H19N3O4S. The van der Waals surface area contributed by atoms with Gasteiger partial charge in [-0.2, -0.15) is 11.8 Å². The molecule has 0 radical (unpaired) electrons. The van der Waals surface area contributed by atoms with Crippen LogP contribution in [-0.2, 0) is 9.59 Å². The van der Waals surface area contributed by atoms with E-state index >= 15 is 0 Å². The number of hydrogen-bond donors (Lipinski definition) is 4. The number of hydrogen-bond acceptors (Lipinski definition) is 4. The van der Waals surface area contributed by atoms with Crippen LogP contribution in [0.15, 0.2) is 0 Å². The summed E-state index contributed by atoms with van der Waals surface area (Å²) in [5, 5.41) is 16.0. The van der Waals surface area contributed by atoms with E-state index in [1.807, 2.05) is 11.8 Å². The Kier molecular flexibility index (Phi) is 7.09. The lowest BCUT2D eigenvalue weighted by Crippen LogP contribution is -2.44. The maximum absolute atomic E-state index is 11.4. The van der Waals surface area contributed by atoms with Gasteiger partial charge < -0.3 is 21.1 Å². The zero-order valence-corrected chi connectivity index (χ0v) is 11.4. The number of rotatable bonds is 6. The summed E-state index contributed by atoms with van der Waals surface area (Å²) in [6.45, 7) is -0.0784. The molecule has 0 bridgehead atoms. The van der Waals surface area contributed by atoms with Crippen LogP contribution in [-0.4, -0.2) is 53.7 Å². The molecule has 1 unspecified atom stereocenters. The van der Waals surface area contributed by atoms with Gasteiger partial charge in [0.1, 0.15) is 6.54 Å². The first-order valence-electron chi connectivity index (χ1n) is 6.19. The molecule has 0 aromatic carbocycles. The highest BCUT2D eigenvalue weighted by Crippen LogP contribution is 2.24. The van der Waals surface area contributed by atoms with Gasteiger partial charge in [0.15, 0.2) is 0 Å². The highest BCUT2D eigenvalue weighted by atomic mass is 32.2. The predicted molar refractivity (Wildman–Crippen MR) is 72.1 cm³/mol. The Balaban J connectivity index is 2.06. The summed E-state index contributed by atoms with van der Waals surface area (Å²) in [5.41, 5.74) is 0. The average molecular weight is 289 g/mol. The Labute approximate surface area is 115 Å². The quantitative estimate of drug-likeness (QED) is 0.540. The van der Waals surface area contributed by atoms with Gasteiger partial charge in [0.05, 0.1) is 6.54 Å². The van der Waals surface area contributed by atoms with Crippen LogP contribution in [0.4, 0.5) is 4.79 Å². The van der Waals surface area contributed by atoms with Crippen molar-refractivity contribution in [1.29, 1.82) is 0 Å². The predicted octanol–water partition coefficient (Wildman–Crippen LogP) is -0.228. The highest BCUT2D eigenvalue weighted by molar-refractivity contribution is 7.99. The Bertz CT molecular complexity index is 332. The fourth-order valence-electron chi connectivity index (χ4n) is 1.63. The summed E-state index contributed by atoms with van der Waals surface area (Å²) in [7, 11) is 0. The average Bonchev–Trinajstić information content (AvgIpc) is 2.41. The topological polar surface area (TPSA) is 108 Å². The first-order chi connectivity index (χ1) is 9.08. The largest absolute Gasteiger partial charge is 0.480 e. The molecule has 19 heavy (non-hydrogen) atoms. The summed E-state index contributed by atoms with van der Waals surface area (Å²) in [6, 6.07) is -0.406. The molecule has 1 rings (SSSR count). The number of carbonyl (C=O) groups is 3. The first kappa shape index (κ1) is 15.6. The Morgan fingerprint density at radius 3 is 2.53 bits per heavy atom. The molecular weight excluding hydrogens is 270 g/mol. The van der Waals surface area contributed by atoms with E-state index in [1.54, 1.807) is 0 Å². The summed E-state index contributed by atoms with van der Waals surface area (Å²) in [5.74, 6) is -0.511. The van der Waals surface area contributed by atoms with Gasteiger partial charge in [-0.05, 0) is 18.6 Å². The molecule has 108 valence electrons. The summed E-state index contributed by atoms with van der Waals surface area (Å²) in [4.78, 5) is 32.7. The van der Waals surface area contributed by atoms with Gasteiger partial charge >= 0.3 is 12.0 Å². The molecule has 3 amide bonds. The van der Waals surface area contributed by atoms with Crippen molar-refractivity contribution in [3.63, 3.8) is 0 Å². The fourth-order valence-corrected chi connectivity index (χ4v) is 2.87. The van der Waals surface area contributed by atoms with Crippen LogP contribution in [0.1, 0.15) is 19.3 Å². The van der Waals surface area contributed by atoms with Crippen molar-refractivity contribution in [2.24, 2.45) is 0 Å². The highest BCUT2D eigenvalue weighted by Gasteiger charge is 2.14. The molecule has 0 saturated carbocycles. The molecule has 1 atom stereocenters. The van der Waals surface area contributed by atoms with Crippen LogP contribution in [0.5, 0.6) is 0 Å². The Morgan fingerprint density at radius 1 is 1.11 bits per heavy atom. The van der Waals surface area contributed by atoms with Crippen molar-refractivity contribution < 1.29 is 19.5 Å². The van der Waals surface area contributed by atoms with Gasteiger partial charge in [0, 0.05) is 11.8 Å². The third-order valence-corrected chi connectivity index (χ3v) is 4.01. The van der Waals surface area contributed by atoms with Crippen molar-refractivity contribution in [1.82, 2.24) is 16.0 Å². The van der Waals surface area contributed by atoms with Crippen molar-refractivity contribution in [2.45, 2.75) is 24.5 Å². The van der Waals surface area contributed by atoms with Gasteiger partial charge in [-0.3, -0.25) is 9.59 Å². The molecule has 0 aromatic rings. The lowest BCUT2D eigenvalue weighted by molar-refractivity contribution is -0.137. The van der Waals surface area contributed by atoms with E-state index in [0.29, 0.717) is 11.8 Å². The molecule has 4 N–H and O–H groups in total. The minimum absolute atomic E-state index is 0.225. The second-order valence-electron chi connectivity index (χ2n) is 4.22. The molecule has 1 saturated heterocycles. The van der Waals surface area contributed by atoms with Crippen LogP contribution >= 0.6 is 11.8 Å². The van der Waals surface area contributed by atoms with Gasteiger partial charge in [0.25, 0.3) is 0 Å². The number of carboxylic acids is 1. The second-order valence-corrected chi connectivity index (χ2v) is 5.63. The van der Waals surface area contributed by atoms with E-state index in [0.717, 1.165) is 12.2 Å².